The van der Waals surface area contributed by atoms with E-state index in [0.717, 1.165) is 31.8 Å². The van der Waals surface area contributed by atoms with E-state index in [1.165, 1.54) is 16.8 Å². The lowest BCUT2D eigenvalue weighted by Gasteiger charge is -2.31. The van der Waals surface area contributed by atoms with Crippen LogP contribution in [0, 0.1) is 0 Å². The van der Waals surface area contributed by atoms with Gasteiger partial charge < -0.3 is 9.30 Å². The van der Waals surface area contributed by atoms with Crippen LogP contribution in [0.1, 0.15) is 29.3 Å². The summed E-state index contributed by atoms with van der Waals surface area (Å²) in [6.07, 6.45) is 3.36. The number of ether oxygens (including phenoxy) is 1. The molecule has 0 spiro atoms. The van der Waals surface area contributed by atoms with Gasteiger partial charge in [0.2, 0.25) is 0 Å². The van der Waals surface area contributed by atoms with Gasteiger partial charge in [0.05, 0.1) is 13.2 Å². The third kappa shape index (κ3) is 3.20. The zero-order chi connectivity index (χ0) is 17.1. The van der Waals surface area contributed by atoms with Crippen LogP contribution < -0.4 is 4.74 Å². The van der Waals surface area contributed by atoms with Crippen LogP contribution in [0.4, 0.5) is 0 Å². The lowest BCUT2D eigenvalue weighted by atomic mass is 10.0. The maximum atomic E-state index is 5.58. The van der Waals surface area contributed by atoms with Gasteiger partial charge in [0.25, 0.3) is 0 Å². The largest absolute Gasteiger partial charge is 0.496 e. The molecule has 1 aliphatic rings. The molecule has 1 aromatic heterocycles. The highest BCUT2D eigenvalue weighted by atomic mass is 16.5. The van der Waals surface area contributed by atoms with Crippen molar-refractivity contribution in [2.45, 2.75) is 25.6 Å². The number of nitrogens with zero attached hydrogens (tertiary/aromatic N) is 2. The fraction of sp³-hybridized carbons (Fsp3) is 0.273. The fourth-order valence-electron chi connectivity index (χ4n) is 3.88. The van der Waals surface area contributed by atoms with Gasteiger partial charge in [-0.15, -0.1) is 0 Å². The molecule has 0 saturated carbocycles. The van der Waals surface area contributed by atoms with Crippen molar-refractivity contribution in [3.8, 4) is 5.75 Å². The van der Waals surface area contributed by atoms with Gasteiger partial charge in [-0.3, -0.25) is 4.90 Å². The number of aryl methyl sites for hydroxylation is 1. The molecule has 0 bridgehead atoms. The first-order valence-corrected chi connectivity index (χ1v) is 8.93. The molecule has 0 amide bonds. The van der Waals surface area contributed by atoms with Crippen molar-refractivity contribution in [2.75, 3.05) is 13.7 Å². The Labute approximate surface area is 149 Å². The summed E-state index contributed by atoms with van der Waals surface area (Å²) in [6, 6.07) is 23.9. The molecule has 0 N–H and O–H groups in total. The van der Waals surface area contributed by atoms with E-state index >= 15 is 0 Å². The Bertz CT molecular complexity index is 825. The molecule has 1 atom stereocenters. The second kappa shape index (κ2) is 7.16. The minimum Gasteiger partial charge on any atom is -0.496 e. The summed E-state index contributed by atoms with van der Waals surface area (Å²) in [5.41, 5.74) is 3.96. The molecule has 1 unspecified atom stereocenters. The zero-order valence-corrected chi connectivity index (χ0v) is 14.6. The smallest absolute Gasteiger partial charge is 0.123 e. The maximum absolute atomic E-state index is 5.58. The first kappa shape index (κ1) is 16.0. The number of rotatable bonds is 4. The Hall–Kier alpha value is -2.52. The lowest BCUT2D eigenvalue weighted by molar-refractivity contribution is 0.217. The minimum atomic E-state index is 0.267. The van der Waals surface area contributed by atoms with E-state index in [9.17, 15) is 0 Å². The predicted molar refractivity (Wildman–Crippen MR) is 101 cm³/mol. The van der Waals surface area contributed by atoms with Gasteiger partial charge in [-0.2, -0.15) is 0 Å². The van der Waals surface area contributed by atoms with Crippen molar-refractivity contribution < 1.29 is 4.74 Å². The molecule has 4 rings (SSSR count). The van der Waals surface area contributed by atoms with Gasteiger partial charge in [-0.1, -0.05) is 48.5 Å². The second-order valence-corrected chi connectivity index (χ2v) is 6.58. The van der Waals surface area contributed by atoms with E-state index in [-0.39, 0.29) is 6.04 Å². The van der Waals surface area contributed by atoms with Crippen molar-refractivity contribution in [1.82, 2.24) is 9.47 Å². The van der Waals surface area contributed by atoms with Crippen LogP contribution in [0.3, 0.4) is 0 Å². The standard InChI is InChI=1S/C22H24N2O/c1-25-21-13-6-5-11-19(21)17-24-16-8-15-23-14-7-12-20(23)22(24)18-9-3-2-4-10-18/h2-7,9-14,22H,8,15-17H2,1H3. The highest BCUT2D eigenvalue weighted by Crippen LogP contribution is 2.34. The number of para-hydroxylation sites is 1. The number of fused-ring (bicyclic) bond motifs is 1. The lowest BCUT2D eigenvalue weighted by Crippen LogP contribution is -2.29. The van der Waals surface area contributed by atoms with Crippen molar-refractivity contribution in [1.29, 1.82) is 0 Å². The summed E-state index contributed by atoms with van der Waals surface area (Å²) < 4.78 is 7.98. The van der Waals surface area contributed by atoms with Gasteiger partial charge in [0.15, 0.2) is 0 Å². The Kier molecular flexibility index (Phi) is 4.57. The van der Waals surface area contributed by atoms with Gasteiger partial charge >= 0.3 is 0 Å². The quantitative estimate of drug-likeness (QED) is 0.700. The first-order chi connectivity index (χ1) is 12.4. The summed E-state index contributed by atoms with van der Waals surface area (Å²) in [7, 11) is 1.75. The van der Waals surface area contributed by atoms with Crippen LogP contribution >= 0.6 is 0 Å². The molecular formula is C22H24N2O. The molecule has 2 aromatic carbocycles. The van der Waals surface area contributed by atoms with Crippen molar-refractivity contribution in [3.05, 3.63) is 89.7 Å². The van der Waals surface area contributed by atoms with E-state index in [4.69, 9.17) is 4.74 Å². The van der Waals surface area contributed by atoms with Gasteiger partial charge in [-0.05, 0) is 30.2 Å². The highest BCUT2D eigenvalue weighted by Gasteiger charge is 2.27. The summed E-state index contributed by atoms with van der Waals surface area (Å²) in [4.78, 5) is 2.58. The molecule has 0 saturated heterocycles. The minimum absolute atomic E-state index is 0.267. The fourth-order valence-corrected chi connectivity index (χ4v) is 3.88. The van der Waals surface area contributed by atoms with Crippen LogP contribution in [0.25, 0.3) is 0 Å². The molecule has 1 aliphatic heterocycles. The van der Waals surface area contributed by atoms with Gasteiger partial charge in [0.1, 0.15) is 5.75 Å². The zero-order valence-electron chi connectivity index (χ0n) is 14.6. The monoisotopic (exact) mass is 332 g/mol. The third-order valence-corrected chi connectivity index (χ3v) is 5.04. The van der Waals surface area contributed by atoms with Crippen LogP contribution in [0.15, 0.2) is 72.9 Å². The number of benzene rings is 2. The molecule has 3 nitrogen and oxygen atoms in total. The topological polar surface area (TPSA) is 17.4 Å². The number of hydrogen-bond donors (Lipinski definition) is 0. The SMILES string of the molecule is COc1ccccc1CN1CCCn2cccc2C1c1ccccc1. The number of hydrogen-bond acceptors (Lipinski definition) is 2. The van der Waals surface area contributed by atoms with Crippen molar-refractivity contribution in [3.63, 3.8) is 0 Å². The Morgan fingerprint density at radius 2 is 1.72 bits per heavy atom. The second-order valence-electron chi connectivity index (χ2n) is 6.58. The molecule has 3 aromatic rings. The van der Waals surface area contributed by atoms with E-state index in [1.807, 2.05) is 12.1 Å². The Balaban J connectivity index is 1.74. The van der Waals surface area contributed by atoms with E-state index in [0.29, 0.717) is 0 Å². The summed E-state index contributed by atoms with van der Waals surface area (Å²) in [5.74, 6) is 0.967. The Morgan fingerprint density at radius 3 is 2.56 bits per heavy atom. The first-order valence-electron chi connectivity index (χ1n) is 8.93. The maximum Gasteiger partial charge on any atom is 0.123 e. The highest BCUT2D eigenvalue weighted by molar-refractivity contribution is 5.35. The van der Waals surface area contributed by atoms with Crippen molar-refractivity contribution in [2.24, 2.45) is 0 Å². The van der Waals surface area contributed by atoms with Crippen LogP contribution in [0.2, 0.25) is 0 Å². The van der Waals surface area contributed by atoms with Crippen LogP contribution in [-0.2, 0) is 13.1 Å². The van der Waals surface area contributed by atoms with Crippen molar-refractivity contribution >= 4 is 0 Å². The van der Waals surface area contributed by atoms with E-state index in [1.54, 1.807) is 7.11 Å². The third-order valence-electron chi connectivity index (χ3n) is 5.04. The summed E-state index contributed by atoms with van der Waals surface area (Å²) in [6.45, 7) is 3.03. The molecule has 128 valence electrons. The number of methoxy groups -OCH3 is 1. The number of aromatic nitrogens is 1. The molecule has 3 heteroatoms. The predicted octanol–water partition coefficient (Wildman–Crippen LogP) is 4.49. The molecule has 25 heavy (non-hydrogen) atoms. The normalized spacial score (nSPS) is 17.7. The van der Waals surface area contributed by atoms with Crippen LogP contribution in [0.5, 0.6) is 5.75 Å². The van der Waals surface area contributed by atoms with Crippen LogP contribution in [-0.4, -0.2) is 23.1 Å². The Morgan fingerprint density at radius 1 is 0.920 bits per heavy atom. The molecular weight excluding hydrogens is 308 g/mol. The molecule has 0 radical (unpaired) electrons. The summed E-state index contributed by atoms with van der Waals surface area (Å²) >= 11 is 0. The molecule has 2 heterocycles. The molecule has 0 aliphatic carbocycles. The van der Waals surface area contributed by atoms with Gasteiger partial charge in [-0.25, -0.2) is 0 Å². The van der Waals surface area contributed by atoms with Gasteiger partial charge in [0, 0.05) is 37.1 Å². The summed E-state index contributed by atoms with van der Waals surface area (Å²) in [5, 5.41) is 0. The van der Waals surface area contributed by atoms with E-state index in [2.05, 4.69) is 70.3 Å². The molecule has 0 fully saturated rings. The average molecular weight is 332 g/mol. The average Bonchev–Trinajstić information content (AvgIpc) is 3.04. The van der Waals surface area contributed by atoms with E-state index < -0.39 is 0 Å².